The number of carbonyl (C=O) groups is 1. The summed E-state index contributed by atoms with van der Waals surface area (Å²) in [6.45, 7) is 5.56. The lowest BCUT2D eigenvalue weighted by Crippen LogP contribution is -2.25. The van der Waals surface area contributed by atoms with Crippen molar-refractivity contribution in [3.63, 3.8) is 0 Å². The lowest BCUT2D eigenvalue weighted by atomic mass is 9.95. The third kappa shape index (κ3) is 2.02. The van der Waals surface area contributed by atoms with Crippen LogP contribution in [-0.4, -0.2) is 12.5 Å². The summed E-state index contributed by atoms with van der Waals surface area (Å²) >= 11 is 0. The van der Waals surface area contributed by atoms with Gasteiger partial charge < -0.3 is 10.6 Å². The SMILES string of the molecule is CC(=O)Nc1ccc(C)c2c1CCNC2. The standard InChI is InChI=1S/C12H16N2O/c1-8-3-4-12(14-9(2)15)10-5-6-13-7-11(8)10/h3-4,13H,5-7H2,1-2H3,(H,14,15). The van der Waals surface area contributed by atoms with Crippen LogP contribution in [0.1, 0.15) is 23.6 Å². The van der Waals surface area contributed by atoms with Crippen molar-refractivity contribution < 1.29 is 4.79 Å². The number of rotatable bonds is 1. The van der Waals surface area contributed by atoms with Crippen LogP contribution in [0.3, 0.4) is 0 Å². The maximum Gasteiger partial charge on any atom is 0.221 e. The first-order valence-corrected chi connectivity index (χ1v) is 5.28. The average Bonchev–Trinajstić information content (AvgIpc) is 2.22. The number of aryl methyl sites for hydroxylation is 1. The minimum absolute atomic E-state index is 0.000384. The zero-order valence-corrected chi connectivity index (χ0v) is 9.18. The van der Waals surface area contributed by atoms with Gasteiger partial charge in [0.15, 0.2) is 0 Å². The fourth-order valence-electron chi connectivity index (χ4n) is 2.08. The molecule has 2 N–H and O–H groups in total. The van der Waals surface area contributed by atoms with Crippen molar-refractivity contribution in [3.8, 4) is 0 Å². The first kappa shape index (κ1) is 10.2. The Morgan fingerprint density at radius 1 is 1.40 bits per heavy atom. The molecular formula is C12H16N2O. The minimum Gasteiger partial charge on any atom is -0.326 e. The minimum atomic E-state index is -0.000384. The van der Waals surface area contributed by atoms with Crippen LogP contribution in [0.25, 0.3) is 0 Å². The van der Waals surface area contributed by atoms with Gasteiger partial charge in [0.2, 0.25) is 5.91 Å². The molecule has 1 amide bonds. The number of carbonyl (C=O) groups excluding carboxylic acids is 1. The fourth-order valence-corrected chi connectivity index (χ4v) is 2.08. The zero-order chi connectivity index (χ0) is 10.8. The van der Waals surface area contributed by atoms with Crippen LogP contribution < -0.4 is 10.6 Å². The summed E-state index contributed by atoms with van der Waals surface area (Å²) in [7, 11) is 0. The highest BCUT2D eigenvalue weighted by Crippen LogP contribution is 2.26. The molecule has 1 aromatic rings. The summed E-state index contributed by atoms with van der Waals surface area (Å²) in [6, 6.07) is 4.07. The molecule has 0 unspecified atom stereocenters. The van der Waals surface area contributed by atoms with Gasteiger partial charge in [-0.25, -0.2) is 0 Å². The van der Waals surface area contributed by atoms with E-state index in [4.69, 9.17) is 0 Å². The molecule has 1 aliphatic rings. The summed E-state index contributed by atoms with van der Waals surface area (Å²) in [5, 5.41) is 6.24. The van der Waals surface area contributed by atoms with Crippen molar-refractivity contribution in [3.05, 3.63) is 28.8 Å². The molecule has 0 saturated heterocycles. The highest BCUT2D eigenvalue weighted by molar-refractivity contribution is 5.89. The number of benzene rings is 1. The number of nitrogens with one attached hydrogen (secondary N) is 2. The van der Waals surface area contributed by atoms with E-state index in [1.165, 1.54) is 16.7 Å². The maximum atomic E-state index is 11.1. The van der Waals surface area contributed by atoms with Gasteiger partial charge in [0, 0.05) is 19.2 Å². The van der Waals surface area contributed by atoms with Crippen LogP contribution in [-0.2, 0) is 17.8 Å². The number of hydrogen-bond donors (Lipinski definition) is 2. The molecule has 1 aliphatic heterocycles. The number of fused-ring (bicyclic) bond motifs is 1. The van der Waals surface area contributed by atoms with Crippen molar-refractivity contribution in [2.24, 2.45) is 0 Å². The molecule has 1 heterocycles. The summed E-state index contributed by atoms with van der Waals surface area (Å²) in [6.07, 6.45) is 0.993. The summed E-state index contributed by atoms with van der Waals surface area (Å²) in [5.41, 5.74) is 4.91. The second-order valence-corrected chi connectivity index (χ2v) is 4.00. The second-order valence-electron chi connectivity index (χ2n) is 4.00. The molecule has 15 heavy (non-hydrogen) atoms. The highest BCUT2D eigenvalue weighted by Gasteiger charge is 2.15. The van der Waals surface area contributed by atoms with Crippen molar-refractivity contribution in [2.45, 2.75) is 26.8 Å². The number of hydrogen-bond acceptors (Lipinski definition) is 2. The molecule has 3 heteroatoms. The van der Waals surface area contributed by atoms with Gasteiger partial charge in [-0.15, -0.1) is 0 Å². The Balaban J connectivity index is 2.43. The van der Waals surface area contributed by atoms with Gasteiger partial charge in [-0.3, -0.25) is 4.79 Å². The van der Waals surface area contributed by atoms with Crippen molar-refractivity contribution >= 4 is 11.6 Å². The molecule has 0 radical (unpaired) electrons. The van der Waals surface area contributed by atoms with E-state index in [1.54, 1.807) is 6.92 Å². The van der Waals surface area contributed by atoms with Gasteiger partial charge in [-0.1, -0.05) is 6.07 Å². The molecule has 0 fully saturated rings. The van der Waals surface area contributed by atoms with Crippen LogP contribution in [0.5, 0.6) is 0 Å². The second kappa shape index (κ2) is 4.03. The Labute approximate surface area is 89.9 Å². The molecule has 0 spiro atoms. The number of anilines is 1. The summed E-state index contributed by atoms with van der Waals surface area (Å²) < 4.78 is 0. The molecule has 80 valence electrons. The summed E-state index contributed by atoms with van der Waals surface area (Å²) in [4.78, 5) is 11.1. The summed E-state index contributed by atoms with van der Waals surface area (Å²) in [5.74, 6) is -0.000384. The molecule has 0 aliphatic carbocycles. The van der Waals surface area contributed by atoms with Crippen molar-refractivity contribution in [1.29, 1.82) is 0 Å². The predicted molar refractivity (Wildman–Crippen MR) is 60.9 cm³/mol. The topological polar surface area (TPSA) is 41.1 Å². The maximum absolute atomic E-state index is 11.1. The Bertz CT molecular complexity index is 399. The van der Waals surface area contributed by atoms with Gasteiger partial charge in [-0.2, -0.15) is 0 Å². The van der Waals surface area contributed by atoms with Crippen molar-refractivity contribution in [2.75, 3.05) is 11.9 Å². The molecule has 0 aromatic heterocycles. The normalized spacial score (nSPS) is 14.5. The fraction of sp³-hybridized carbons (Fsp3) is 0.417. The number of amides is 1. The third-order valence-electron chi connectivity index (χ3n) is 2.83. The van der Waals surface area contributed by atoms with E-state index < -0.39 is 0 Å². The monoisotopic (exact) mass is 204 g/mol. The Hall–Kier alpha value is -1.35. The van der Waals surface area contributed by atoms with Gasteiger partial charge in [-0.05, 0) is 42.6 Å². The molecule has 2 rings (SSSR count). The van der Waals surface area contributed by atoms with E-state index >= 15 is 0 Å². The molecule has 1 aromatic carbocycles. The van der Waals surface area contributed by atoms with E-state index in [0.29, 0.717) is 0 Å². The van der Waals surface area contributed by atoms with Crippen LogP contribution in [0.15, 0.2) is 12.1 Å². The van der Waals surface area contributed by atoms with Crippen molar-refractivity contribution in [1.82, 2.24) is 5.32 Å². The molecular weight excluding hydrogens is 188 g/mol. The third-order valence-corrected chi connectivity index (χ3v) is 2.83. The Morgan fingerprint density at radius 2 is 2.20 bits per heavy atom. The quantitative estimate of drug-likeness (QED) is 0.729. The van der Waals surface area contributed by atoms with Gasteiger partial charge >= 0.3 is 0 Å². The lowest BCUT2D eigenvalue weighted by Gasteiger charge is -2.22. The van der Waals surface area contributed by atoms with Crippen LogP contribution in [0, 0.1) is 6.92 Å². The molecule has 3 nitrogen and oxygen atoms in total. The van der Waals surface area contributed by atoms with E-state index in [-0.39, 0.29) is 5.91 Å². The van der Waals surface area contributed by atoms with Gasteiger partial charge in [0.25, 0.3) is 0 Å². The highest BCUT2D eigenvalue weighted by atomic mass is 16.1. The first-order valence-electron chi connectivity index (χ1n) is 5.28. The van der Waals surface area contributed by atoms with Crippen LogP contribution in [0.2, 0.25) is 0 Å². The molecule has 0 saturated carbocycles. The van der Waals surface area contributed by atoms with E-state index in [0.717, 1.165) is 25.2 Å². The Morgan fingerprint density at radius 3 is 2.93 bits per heavy atom. The van der Waals surface area contributed by atoms with Crippen LogP contribution in [0.4, 0.5) is 5.69 Å². The largest absolute Gasteiger partial charge is 0.326 e. The smallest absolute Gasteiger partial charge is 0.221 e. The zero-order valence-electron chi connectivity index (χ0n) is 9.18. The first-order chi connectivity index (χ1) is 7.18. The Kier molecular flexibility index (Phi) is 2.73. The van der Waals surface area contributed by atoms with E-state index in [1.807, 2.05) is 6.07 Å². The van der Waals surface area contributed by atoms with Crippen LogP contribution >= 0.6 is 0 Å². The molecule has 0 bridgehead atoms. The molecule has 0 atom stereocenters. The average molecular weight is 204 g/mol. The lowest BCUT2D eigenvalue weighted by molar-refractivity contribution is -0.114. The van der Waals surface area contributed by atoms with Gasteiger partial charge in [0.05, 0.1) is 0 Å². The van der Waals surface area contributed by atoms with E-state index in [2.05, 4.69) is 23.6 Å². The van der Waals surface area contributed by atoms with E-state index in [9.17, 15) is 4.79 Å². The van der Waals surface area contributed by atoms with Gasteiger partial charge in [0.1, 0.15) is 0 Å². The predicted octanol–water partition coefficient (Wildman–Crippen LogP) is 1.60.